The molecule has 0 saturated carbocycles. The number of nitrogens with zero attached hydrogens (tertiary/aromatic N) is 1. The molecule has 124 valence electrons. The SMILES string of the molecule is CCC(C(=O)O)N1C(=O)NC(C)(c2ccc(C(C)C)cc2)C1=O. The molecular formula is C17H22N2O4. The largest absolute Gasteiger partial charge is 0.480 e. The zero-order chi connectivity index (χ0) is 17.4. The van der Waals surface area contributed by atoms with E-state index in [4.69, 9.17) is 0 Å². The first-order valence-electron chi connectivity index (χ1n) is 7.71. The Morgan fingerprint density at radius 1 is 1.26 bits per heavy atom. The van der Waals surface area contributed by atoms with Crippen LogP contribution in [-0.4, -0.2) is 34.0 Å². The number of rotatable bonds is 5. The third-order valence-corrected chi connectivity index (χ3v) is 4.36. The first kappa shape index (κ1) is 17.0. The predicted molar refractivity (Wildman–Crippen MR) is 85.0 cm³/mol. The van der Waals surface area contributed by atoms with Gasteiger partial charge < -0.3 is 10.4 Å². The van der Waals surface area contributed by atoms with Gasteiger partial charge in [0.05, 0.1) is 0 Å². The molecular weight excluding hydrogens is 296 g/mol. The summed E-state index contributed by atoms with van der Waals surface area (Å²) in [6.45, 7) is 7.37. The van der Waals surface area contributed by atoms with Crippen molar-refractivity contribution in [1.82, 2.24) is 10.2 Å². The van der Waals surface area contributed by atoms with E-state index in [2.05, 4.69) is 19.2 Å². The van der Waals surface area contributed by atoms with Gasteiger partial charge in [-0.15, -0.1) is 0 Å². The highest BCUT2D eigenvalue weighted by molar-refractivity contribution is 6.09. The van der Waals surface area contributed by atoms with E-state index in [0.717, 1.165) is 10.5 Å². The summed E-state index contributed by atoms with van der Waals surface area (Å²) >= 11 is 0. The van der Waals surface area contributed by atoms with Gasteiger partial charge in [0, 0.05) is 0 Å². The lowest BCUT2D eigenvalue weighted by atomic mass is 9.89. The highest BCUT2D eigenvalue weighted by Crippen LogP contribution is 2.31. The first-order valence-corrected chi connectivity index (χ1v) is 7.71. The number of carboxylic acids is 1. The number of carbonyl (C=O) groups excluding carboxylic acids is 2. The molecule has 0 aromatic heterocycles. The molecule has 6 nitrogen and oxygen atoms in total. The van der Waals surface area contributed by atoms with Crippen LogP contribution in [0.15, 0.2) is 24.3 Å². The van der Waals surface area contributed by atoms with Gasteiger partial charge in [-0.2, -0.15) is 0 Å². The number of carbonyl (C=O) groups is 3. The Morgan fingerprint density at radius 2 is 1.83 bits per heavy atom. The lowest BCUT2D eigenvalue weighted by molar-refractivity contribution is -0.147. The lowest BCUT2D eigenvalue weighted by Crippen LogP contribution is -2.46. The van der Waals surface area contributed by atoms with Crippen LogP contribution in [0.4, 0.5) is 4.79 Å². The van der Waals surface area contributed by atoms with Crippen LogP contribution in [0.5, 0.6) is 0 Å². The van der Waals surface area contributed by atoms with Crippen LogP contribution < -0.4 is 5.32 Å². The number of nitrogens with one attached hydrogen (secondary N) is 1. The van der Waals surface area contributed by atoms with Crippen molar-refractivity contribution in [3.63, 3.8) is 0 Å². The number of carboxylic acid groups (broad SMARTS) is 1. The maximum absolute atomic E-state index is 12.7. The van der Waals surface area contributed by atoms with Gasteiger partial charge >= 0.3 is 12.0 Å². The summed E-state index contributed by atoms with van der Waals surface area (Å²) in [7, 11) is 0. The Hall–Kier alpha value is -2.37. The molecule has 0 aliphatic carbocycles. The van der Waals surface area contributed by atoms with Crippen LogP contribution in [0.3, 0.4) is 0 Å². The molecule has 2 rings (SSSR count). The van der Waals surface area contributed by atoms with Crippen molar-refractivity contribution in [2.45, 2.75) is 51.6 Å². The maximum Gasteiger partial charge on any atom is 0.326 e. The van der Waals surface area contributed by atoms with Crippen LogP contribution in [0.1, 0.15) is 51.2 Å². The lowest BCUT2D eigenvalue weighted by Gasteiger charge is -2.24. The van der Waals surface area contributed by atoms with Gasteiger partial charge in [0.1, 0.15) is 11.6 Å². The summed E-state index contributed by atoms with van der Waals surface area (Å²) in [4.78, 5) is 37.0. The summed E-state index contributed by atoms with van der Waals surface area (Å²) in [5.41, 5.74) is 0.529. The van der Waals surface area contributed by atoms with Crippen LogP contribution in [0.2, 0.25) is 0 Å². The summed E-state index contributed by atoms with van der Waals surface area (Å²) in [5, 5.41) is 11.9. The fourth-order valence-electron chi connectivity index (χ4n) is 2.81. The fourth-order valence-corrected chi connectivity index (χ4v) is 2.81. The summed E-state index contributed by atoms with van der Waals surface area (Å²) < 4.78 is 0. The number of hydrogen-bond donors (Lipinski definition) is 2. The summed E-state index contributed by atoms with van der Waals surface area (Å²) in [6, 6.07) is 5.63. The monoisotopic (exact) mass is 318 g/mol. The first-order chi connectivity index (χ1) is 10.7. The van der Waals surface area contributed by atoms with Gasteiger partial charge in [-0.25, -0.2) is 14.5 Å². The van der Waals surface area contributed by atoms with E-state index in [9.17, 15) is 19.5 Å². The third-order valence-electron chi connectivity index (χ3n) is 4.36. The highest BCUT2D eigenvalue weighted by Gasteiger charge is 2.52. The third kappa shape index (κ3) is 2.81. The zero-order valence-electron chi connectivity index (χ0n) is 13.8. The van der Waals surface area contributed by atoms with Crippen molar-refractivity contribution in [3.8, 4) is 0 Å². The molecule has 3 amide bonds. The minimum atomic E-state index is -1.24. The van der Waals surface area contributed by atoms with E-state index in [0.29, 0.717) is 11.5 Å². The standard InChI is InChI=1S/C17H22N2O4/c1-5-13(14(20)21)19-15(22)17(4,18-16(19)23)12-8-6-11(7-9-12)10(2)3/h6-10,13H,5H2,1-4H3,(H,18,23)(H,20,21). The highest BCUT2D eigenvalue weighted by atomic mass is 16.4. The molecule has 1 aromatic rings. The van der Waals surface area contributed by atoms with Crippen molar-refractivity contribution in [3.05, 3.63) is 35.4 Å². The molecule has 1 aliphatic rings. The van der Waals surface area contributed by atoms with Crippen LogP contribution in [0.25, 0.3) is 0 Å². The average Bonchev–Trinajstić information content (AvgIpc) is 2.72. The molecule has 2 unspecified atom stereocenters. The van der Waals surface area contributed by atoms with E-state index >= 15 is 0 Å². The van der Waals surface area contributed by atoms with Gasteiger partial charge in [-0.05, 0) is 30.4 Å². The van der Waals surface area contributed by atoms with Crippen molar-refractivity contribution in [2.24, 2.45) is 0 Å². The smallest absolute Gasteiger partial charge is 0.326 e. The Morgan fingerprint density at radius 3 is 2.26 bits per heavy atom. The Bertz CT molecular complexity index is 638. The molecule has 2 N–H and O–H groups in total. The van der Waals surface area contributed by atoms with E-state index in [1.807, 2.05) is 12.1 Å². The summed E-state index contributed by atoms with van der Waals surface area (Å²) in [5.74, 6) is -1.36. The normalized spacial score (nSPS) is 22.4. The van der Waals surface area contributed by atoms with Gasteiger partial charge in [-0.3, -0.25) is 4.79 Å². The summed E-state index contributed by atoms with van der Waals surface area (Å²) in [6.07, 6.45) is 0.164. The Labute approximate surface area is 135 Å². The Kier molecular flexibility index (Phi) is 4.45. The molecule has 0 radical (unpaired) electrons. The molecule has 1 fully saturated rings. The fraction of sp³-hybridized carbons (Fsp3) is 0.471. The van der Waals surface area contributed by atoms with E-state index in [1.54, 1.807) is 26.0 Å². The average molecular weight is 318 g/mol. The molecule has 1 aliphatic heterocycles. The number of hydrogen-bond acceptors (Lipinski definition) is 3. The number of imide groups is 1. The molecule has 2 atom stereocenters. The molecule has 0 bridgehead atoms. The minimum Gasteiger partial charge on any atom is -0.480 e. The molecule has 1 saturated heterocycles. The van der Waals surface area contributed by atoms with Crippen LogP contribution >= 0.6 is 0 Å². The van der Waals surface area contributed by atoms with Gasteiger partial charge in [0.2, 0.25) is 0 Å². The van der Waals surface area contributed by atoms with Crippen LogP contribution in [0, 0.1) is 0 Å². The topological polar surface area (TPSA) is 86.7 Å². The minimum absolute atomic E-state index is 0.164. The second-order valence-electron chi connectivity index (χ2n) is 6.27. The number of aliphatic carboxylic acids is 1. The quantitative estimate of drug-likeness (QED) is 0.816. The zero-order valence-corrected chi connectivity index (χ0v) is 13.8. The molecule has 1 aromatic carbocycles. The van der Waals surface area contributed by atoms with Crippen LogP contribution in [-0.2, 0) is 15.1 Å². The van der Waals surface area contributed by atoms with Crippen molar-refractivity contribution in [1.29, 1.82) is 0 Å². The Balaban J connectivity index is 2.37. The molecule has 1 heterocycles. The van der Waals surface area contributed by atoms with E-state index < -0.39 is 29.5 Å². The van der Waals surface area contributed by atoms with Crippen molar-refractivity contribution >= 4 is 17.9 Å². The van der Waals surface area contributed by atoms with Gasteiger partial charge in [0.25, 0.3) is 5.91 Å². The van der Waals surface area contributed by atoms with Gasteiger partial charge in [-0.1, -0.05) is 45.0 Å². The molecule has 6 heteroatoms. The van der Waals surface area contributed by atoms with E-state index in [1.165, 1.54) is 0 Å². The van der Waals surface area contributed by atoms with E-state index in [-0.39, 0.29) is 6.42 Å². The predicted octanol–water partition coefficient (Wildman–Crippen LogP) is 2.44. The molecule has 0 spiro atoms. The van der Waals surface area contributed by atoms with Gasteiger partial charge in [0.15, 0.2) is 0 Å². The van der Waals surface area contributed by atoms with Crippen molar-refractivity contribution in [2.75, 3.05) is 0 Å². The second-order valence-corrected chi connectivity index (χ2v) is 6.27. The second kappa shape index (κ2) is 6.02. The number of benzene rings is 1. The molecule has 23 heavy (non-hydrogen) atoms. The number of urea groups is 1. The van der Waals surface area contributed by atoms with Crippen molar-refractivity contribution < 1.29 is 19.5 Å². The number of amides is 3. The maximum atomic E-state index is 12.7.